The van der Waals surface area contributed by atoms with Gasteiger partial charge in [-0.3, -0.25) is 0 Å². The van der Waals surface area contributed by atoms with E-state index in [-0.39, 0.29) is 0 Å². The number of benzene rings is 2. The first kappa shape index (κ1) is 27.7. The molecule has 0 saturated heterocycles. The predicted octanol–water partition coefficient (Wildman–Crippen LogP) is 6.86. The molecule has 1 atom stereocenters. The molecule has 0 radical (unpaired) electrons. The van der Waals surface area contributed by atoms with Crippen LogP contribution in [0.25, 0.3) is 0 Å². The Kier molecular flexibility index (Phi) is 8.14. The molecule has 1 aliphatic carbocycles. The van der Waals surface area contributed by atoms with Crippen molar-refractivity contribution in [3.05, 3.63) is 89.4 Å². The van der Waals surface area contributed by atoms with E-state index < -0.39 is 12.5 Å². The van der Waals surface area contributed by atoms with Gasteiger partial charge in [-0.25, -0.2) is 9.98 Å². The number of nitrogens with two attached hydrogens (primary N) is 1. The molecule has 2 aromatic rings. The Morgan fingerprint density at radius 3 is 2.47 bits per heavy atom. The summed E-state index contributed by atoms with van der Waals surface area (Å²) in [5.74, 6) is 4.12. The van der Waals surface area contributed by atoms with Crippen molar-refractivity contribution in [3.8, 4) is 5.81 Å². The van der Waals surface area contributed by atoms with Crippen LogP contribution in [-0.2, 0) is 4.74 Å². The SMILES string of the molecule is C=C/N=C1/OC(C)(C)C(c2ccc([C@H]3CC[C@H](CP(=C)(C#N)c4cccc(C)c4)CC3)cc2)=N/C1=C(/C)N. The molecule has 0 bridgehead atoms. The van der Waals surface area contributed by atoms with Crippen LogP contribution < -0.4 is 11.0 Å². The first-order chi connectivity index (χ1) is 18.1. The predicted molar refractivity (Wildman–Crippen MR) is 163 cm³/mol. The average Bonchev–Trinajstić information content (AvgIpc) is 2.89. The van der Waals surface area contributed by atoms with Gasteiger partial charge in [-0.2, -0.15) is 5.26 Å². The van der Waals surface area contributed by atoms with Gasteiger partial charge in [0, 0.05) is 24.3 Å². The van der Waals surface area contributed by atoms with Gasteiger partial charge < -0.3 is 10.5 Å². The van der Waals surface area contributed by atoms with Crippen molar-refractivity contribution in [2.24, 2.45) is 21.6 Å². The molecule has 2 aromatic carbocycles. The Hall–Kier alpha value is -3.35. The summed E-state index contributed by atoms with van der Waals surface area (Å²) in [5, 5.41) is 11.2. The molecule has 6 heteroatoms. The lowest BCUT2D eigenvalue weighted by Crippen LogP contribution is -2.42. The van der Waals surface area contributed by atoms with Gasteiger partial charge in [0.05, 0.1) is 11.5 Å². The van der Waals surface area contributed by atoms with Crippen LogP contribution in [-0.4, -0.2) is 29.7 Å². The fourth-order valence-corrected chi connectivity index (χ4v) is 8.08. The fourth-order valence-electron chi connectivity index (χ4n) is 5.60. The quantitative estimate of drug-likeness (QED) is 0.418. The number of ether oxygens (including phenoxy) is 1. The maximum Gasteiger partial charge on any atom is 0.242 e. The summed E-state index contributed by atoms with van der Waals surface area (Å²) in [6.07, 6.45) is 11.4. The molecule has 2 aliphatic rings. The number of rotatable bonds is 6. The third-order valence-electron chi connectivity index (χ3n) is 7.69. The zero-order chi connectivity index (χ0) is 27.5. The molecule has 4 rings (SSSR count). The summed E-state index contributed by atoms with van der Waals surface area (Å²) in [5.41, 5.74) is 11.0. The highest BCUT2D eigenvalue weighted by Crippen LogP contribution is 2.48. The first-order valence-corrected chi connectivity index (χ1v) is 15.5. The van der Waals surface area contributed by atoms with Crippen LogP contribution in [0.3, 0.4) is 0 Å². The molecule has 1 aliphatic heterocycles. The lowest BCUT2D eigenvalue weighted by Gasteiger charge is -2.34. The highest BCUT2D eigenvalue weighted by molar-refractivity contribution is 7.84. The van der Waals surface area contributed by atoms with Crippen molar-refractivity contribution in [1.29, 1.82) is 5.26 Å². The Balaban J connectivity index is 1.46. The van der Waals surface area contributed by atoms with Gasteiger partial charge in [-0.1, -0.05) is 67.0 Å². The van der Waals surface area contributed by atoms with E-state index in [0.717, 1.165) is 48.4 Å². The van der Waals surface area contributed by atoms with Crippen LogP contribution in [0.1, 0.15) is 69.1 Å². The number of aliphatic imine (C=N–C) groups is 2. The Morgan fingerprint density at radius 2 is 1.89 bits per heavy atom. The van der Waals surface area contributed by atoms with Crippen LogP contribution in [0.5, 0.6) is 0 Å². The van der Waals surface area contributed by atoms with Crippen molar-refractivity contribution >= 4 is 30.1 Å². The lowest BCUT2D eigenvalue weighted by atomic mass is 9.79. The molecule has 1 heterocycles. The van der Waals surface area contributed by atoms with Gasteiger partial charge in [0.2, 0.25) is 5.90 Å². The first-order valence-electron chi connectivity index (χ1n) is 13.3. The molecule has 38 heavy (non-hydrogen) atoms. The van der Waals surface area contributed by atoms with Crippen LogP contribution in [0, 0.1) is 23.9 Å². The zero-order valence-electron chi connectivity index (χ0n) is 23.1. The van der Waals surface area contributed by atoms with E-state index in [0.29, 0.717) is 29.1 Å². The summed E-state index contributed by atoms with van der Waals surface area (Å²) in [7, 11) is 0. The molecular formula is C32H39N4OP. The number of hydrogen-bond donors (Lipinski definition) is 1. The van der Waals surface area contributed by atoms with Crippen molar-refractivity contribution in [1.82, 2.24) is 0 Å². The molecule has 198 valence electrons. The van der Waals surface area contributed by atoms with E-state index in [1.54, 1.807) is 6.92 Å². The van der Waals surface area contributed by atoms with Crippen molar-refractivity contribution in [3.63, 3.8) is 0 Å². The number of nitriles is 1. The third kappa shape index (κ3) is 5.87. The topological polar surface area (TPSA) is 83.8 Å². The van der Waals surface area contributed by atoms with Crippen LogP contribution in [0.15, 0.2) is 82.7 Å². The minimum atomic E-state index is -2.04. The second-order valence-corrected chi connectivity index (χ2v) is 14.2. The lowest BCUT2D eigenvalue weighted by molar-refractivity contribution is 0.164. The maximum absolute atomic E-state index is 10.0. The minimum absolute atomic E-state index is 0.398. The second kappa shape index (κ2) is 11.2. The van der Waals surface area contributed by atoms with Gasteiger partial charge in [-0.05, 0) is 82.2 Å². The molecule has 0 amide bonds. The van der Waals surface area contributed by atoms with Crippen molar-refractivity contribution < 1.29 is 4.74 Å². The molecule has 1 unspecified atom stereocenters. The monoisotopic (exact) mass is 526 g/mol. The van der Waals surface area contributed by atoms with E-state index in [9.17, 15) is 5.26 Å². The third-order valence-corrected chi connectivity index (χ3v) is 10.5. The molecule has 0 aromatic heterocycles. The zero-order valence-corrected chi connectivity index (χ0v) is 24.0. The Morgan fingerprint density at radius 1 is 1.21 bits per heavy atom. The molecule has 1 saturated carbocycles. The van der Waals surface area contributed by atoms with E-state index in [1.165, 1.54) is 17.3 Å². The van der Waals surface area contributed by atoms with Gasteiger partial charge in [0.25, 0.3) is 0 Å². The number of allylic oxidation sites excluding steroid dienone is 1. The highest BCUT2D eigenvalue weighted by atomic mass is 31.2. The van der Waals surface area contributed by atoms with Gasteiger partial charge in [0.15, 0.2) is 0 Å². The van der Waals surface area contributed by atoms with Crippen LogP contribution in [0.2, 0.25) is 0 Å². The average molecular weight is 527 g/mol. The minimum Gasteiger partial charge on any atom is -0.464 e. The van der Waals surface area contributed by atoms with Crippen molar-refractivity contribution in [2.75, 3.05) is 6.16 Å². The van der Waals surface area contributed by atoms with Gasteiger partial charge in [0.1, 0.15) is 11.3 Å². The van der Waals surface area contributed by atoms with E-state index in [2.05, 4.69) is 79.1 Å². The molecule has 5 nitrogen and oxygen atoms in total. The number of nitrogens with zero attached hydrogens (tertiary/aromatic N) is 3. The van der Waals surface area contributed by atoms with E-state index in [4.69, 9.17) is 15.5 Å². The second-order valence-electron chi connectivity index (χ2n) is 11.2. The summed E-state index contributed by atoms with van der Waals surface area (Å²) in [6.45, 7) is 9.50. The fraction of sp³-hybridized carbons (Fsp3) is 0.375. The molecule has 0 spiro atoms. The van der Waals surface area contributed by atoms with Gasteiger partial charge >= 0.3 is 0 Å². The molecule has 2 N–H and O–H groups in total. The van der Waals surface area contributed by atoms with Crippen LogP contribution in [0.4, 0.5) is 0 Å². The molecule has 1 fully saturated rings. The van der Waals surface area contributed by atoms with Crippen molar-refractivity contribution in [2.45, 2.75) is 64.9 Å². The molecular weight excluding hydrogens is 487 g/mol. The van der Waals surface area contributed by atoms with E-state index >= 15 is 0 Å². The summed E-state index contributed by atoms with van der Waals surface area (Å²) < 4.78 is 6.19. The Labute approximate surface area is 227 Å². The standard InChI is InChI=1S/C32H39N4OP/c1-7-35-31-29(23(3)34)36-30(32(4,5)37-31)27-17-15-26(16-18-27)25-13-11-24(12-14-25)20-38(6,21-33)28-10-8-9-22(2)19-28/h7-10,15-19,24-25H,1,6,11-14,20,34H2,2-5H3/b29-23-,35-31+/t24-,25-,38?. The number of hydrogen-bond acceptors (Lipinski definition) is 5. The Bertz CT molecular complexity index is 1380. The highest BCUT2D eigenvalue weighted by Gasteiger charge is 2.36. The van der Waals surface area contributed by atoms with E-state index in [1.807, 2.05) is 13.8 Å². The maximum atomic E-state index is 10.0. The van der Waals surface area contributed by atoms with Crippen LogP contribution >= 0.6 is 6.89 Å². The summed E-state index contributed by atoms with van der Waals surface area (Å²) in [6, 6.07) is 17.1. The normalized spacial score (nSPS) is 24.9. The van der Waals surface area contributed by atoms with Gasteiger partial charge in [-0.15, -0.1) is 0 Å². The smallest absolute Gasteiger partial charge is 0.242 e. The number of aryl methyl sites for hydroxylation is 1. The largest absolute Gasteiger partial charge is 0.464 e. The summed E-state index contributed by atoms with van der Waals surface area (Å²) in [4.78, 5) is 9.10. The summed E-state index contributed by atoms with van der Waals surface area (Å²) >= 11 is 0.